The molecule has 204 valence electrons. The number of ether oxygens (including phenoxy) is 4. The number of benzene rings is 3. The zero-order chi connectivity index (χ0) is 28.4. The lowest BCUT2D eigenvalue weighted by atomic mass is 9.92. The monoisotopic (exact) mass is 531 g/mol. The first-order valence-electron chi connectivity index (χ1n) is 12.5. The van der Waals surface area contributed by atoms with Gasteiger partial charge in [0.15, 0.2) is 11.5 Å². The van der Waals surface area contributed by atoms with Crippen LogP contribution in [0, 0.1) is 6.92 Å². The first-order chi connectivity index (χ1) is 18.7. The molecule has 1 atom stereocenters. The molecule has 1 saturated heterocycles. The molecule has 1 aliphatic heterocycles. The largest absolute Gasteiger partial charge is 0.507 e. The maximum absolute atomic E-state index is 13.7. The molecule has 1 fully saturated rings. The lowest BCUT2D eigenvalue weighted by molar-refractivity contribution is -0.132. The predicted octanol–water partition coefficient (Wildman–Crippen LogP) is 5.78. The number of anilines is 1. The van der Waals surface area contributed by atoms with Crippen LogP contribution < -0.4 is 23.8 Å². The minimum absolute atomic E-state index is 0.0441. The van der Waals surface area contributed by atoms with Gasteiger partial charge in [0.1, 0.15) is 11.5 Å². The van der Waals surface area contributed by atoms with E-state index in [9.17, 15) is 14.7 Å². The van der Waals surface area contributed by atoms with E-state index in [0.29, 0.717) is 39.8 Å². The van der Waals surface area contributed by atoms with Crippen LogP contribution in [0.3, 0.4) is 0 Å². The van der Waals surface area contributed by atoms with E-state index in [1.165, 1.54) is 26.2 Å². The van der Waals surface area contributed by atoms with Gasteiger partial charge in [-0.2, -0.15) is 0 Å². The number of amides is 1. The highest BCUT2D eigenvalue weighted by Gasteiger charge is 2.48. The first-order valence-corrected chi connectivity index (χ1v) is 12.5. The van der Waals surface area contributed by atoms with Crippen LogP contribution in [-0.4, -0.2) is 45.2 Å². The molecule has 39 heavy (non-hydrogen) atoms. The number of hydrogen-bond donors (Lipinski definition) is 1. The second kappa shape index (κ2) is 11.1. The summed E-state index contributed by atoms with van der Waals surface area (Å²) in [6.07, 6.45) is 0. The van der Waals surface area contributed by atoms with Crippen molar-refractivity contribution in [2.45, 2.75) is 32.7 Å². The Balaban J connectivity index is 2.04. The van der Waals surface area contributed by atoms with Crippen LogP contribution in [0.5, 0.6) is 23.0 Å². The van der Waals surface area contributed by atoms with Gasteiger partial charge < -0.3 is 24.1 Å². The molecule has 0 bridgehead atoms. The summed E-state index contributed by atoms with van der Waals surface area (Å²) in [5, 5.41) is 11.6. The molecule has 1 unspecified atom stereocenters. The molecule has 0 aromatic heterocycles. The molecule has 1 aliphatic rings. The van der Waals surface area contributed by atoms with Gasteiger partial charge in [-0.3, -0.25) is 14.5 Å². The average Bonchev–Trinajstić information content (AvgIpc) is 3.21. The Hall–Kier alpha value is -4.46. The number of methoxy groups -OCH3 is 4. The van der Waals surface area contributed by atoms with Gasteiger partial charge in [-0.15, -0.1) is 0 Å². The number of rotatable bonds is 8. The Kier molecular flexibility index (Phi) is 7.85. The van der Waals surface area contributed by atoms with Crippen molar-refractivity contribution in [1.82, 2.24) is 0 Å². The first kappa shape index (κ1) is 27.6. The number of aryl methyl sites for hydroxylation is 1. The van der Waals surface area contributed by atoms with Gasteiger partial charge in [0.2, 0.25) is 5.75 Å². The number of nitrogens with zero attached hydrogens (tertiary/aromatic N) is 1. The van der Waals surface area contributed by atoms with Crippen LogP contribution in [-0.2, 0) is 9.59 Å². The molecular formula is C31H33NO7. The summed E-state index contributed by atoms with van der Waals surface area (Å²) in [7, 11) is 6.06. The zero-order valence-corrected chi connectivity index (χ0v) is 23.2. The van der Waals surface area contributed by atoms with Crippen LogP contribution in [0.25, 0.3) is 5.76 Å². The Morgan fingerprint density at radius 3 is 2.00 bits per heavy atom. The molecule has 4 rings (SSSR count). The van der Waals surface area contributed by atoms with E-state index in [-0.39, 0.29) is 17.3 Å². The third-order valence-corrected chi connectivity index (χ3v) is 6.95. The summed E-state index contributed by atoms with van der Waals surface area (Å²) in [6, 6.07) is 14.9. The van der Waals surface area contributed by atoms with Crippen LogP contribution in [0.2, 0.25) is 0 Å². The number of ketones is 1. The van der Waals surface area contributed by atoms with Gasteiger partial charge in [0.05, 0.1) is 40.1 Å². The van der Waals surface area contributed by atoms with E-state index in [4.69, 9.17) is 18.9 Å². The number of aliphatic hydroxyl groups is 1. The number of para-hydroxylation sites is 1. The summed E-state index contributed by atoms with van der Waals surface area (Å²) < 4.78 is 22.1. The molecule has 1 N–H and O–H groups in total. The molecule has 0 saturated carbocycles. The maximum atomic E-state index is 13.7. The second-order valence-corrected chi connectivity index (χ2v) is 9.53. The van der Waals surface area contributed by atoms with Gasteiger partial charge in [-0.1, -0.05) is 32.0 Å². The third kappa shape index (κ3) is 4.78. The van der Waals surface area contributed by atoms with Crippen LogP contribution in [0.4, 0.5) is 5.69 Å². The van der Waals surface area contributed by atoms with E-state index in [1.807, 2.05) is 32.9 Å². The Morgan fingerprint density at radius 2 is 1.46 bits per heavy atom. The average molecular weight is 532 g/mol. The predicted molar refractivity (Wildman–Crippen MR) is 149 cm³/mol. The Labute approximate surface area is 228 Å². The van der Waals surface area contributed by atoms with Crippen LogP contribution in [0.1, 0.15) is 48.1 Å². The summed E-state index contributed by atoms with van der Waals surface area (Å²) >= 11 is 0. The van der Waals surface area contributed by atoms with Crippen LogP contribution >= 0.6 is 0 Å². The lowest BCUT2D eigenvalue weighted by Crippen LogP contribution is -2.30. The van der Waals surface area contributed by atoms with Crippen molar-refractivity contribution in [2.75, 3.05) is 33.3 Å². The van der Waals surface area contributed by atoms with Crippen molar-refractivity contribution >= 4 is 23.1 Å². The van der Waals surface area contributed by atoms with Crippen molar-refractivity contribution in [3.63, 3.8) is 0 Å². The van der Waals surface area contributed by atoms with Crippen molar-refractivity contribution in [1.29, 1.82) is 0 Å². The maximum Gasteiger partial charge on any atom is 0.300 e. The molecule has 0 aliphatic carbocycles. The highest BCUT2D eigenvalue weighted by molar-refractivity contribution is 6.51. The lowest BCUT2D eigenvalue weighted by Gasteiger charge is -2.27. The van der Waals surface area contributed by atoms with Crippen molar-refractivity contribution in [3.05, 3.63) is 82.4 Å². The van der Waals surface area contributed by atoms with Crippen molar-refractivity contribution in [2.24, 2.45) is 0 Å². The van der Waals surface area contributed by atoms with Crippen LogP contribution in [0.15, 0.2) is 60.2 Å². The number of hydrogen-bond acceptors (Lipinski definition) is 7. The fourth-order valence-corrected chi connectivity index (χ4v) is 4.98. The molecule has 3 aromatic carbocycles. The van der Waals surface area contributed by atoms with E-state index in [0.717, 1.165) is 11.1 Å². The standard InChI is InChI=1S/C31H33NO7/c1-17(2)21-14-19(12-13-23(21)36-4)28(33)26-27(20-15-24(37-5)30(39-7)25(16-20)38-6)32(31(35)29(26)34)22-11-9-8-10-18(22)3/h8-17,27,33H,1-7H3/b28-26+. The molecule has 0 radical (unpaired) electrons. The highest BCUT2D eigenvalue weighted by Crippen LogP contribution is 2.47. The second-order valence-electron chi connectivity index (χ2n) is 9.53. The summed E-state index contributed by atoms with van der Waals surface area (Å²) in [5.41, 5.74) is 3.07. The van der Waals surface area contributed by atoms with Gasteiger partial charge in [-0.05, 0) is 65.9 Å². The smallest absolute Gasteiger partial charge is 0.300 e. The number of carbonyl (C=O) groups excluding carboxylic acids is 2. The molecular weight excluding hydrogens is 498 g/mol. The fraction of sp³-hybridized carbons (Fsp3) is 0.290. The molecule has 8 heteroatoms. The van der Waals surface area contributed by atoms with Crippen molar-refractivity contribution < 1.29 is 33.6 Å². The quantitative estimate of drug-likeness (QED) is 0.224. The SMILES string of the molecule is COc1ccc(/C(O)=C2\C(=O)C(=O)N(c3ccccc3C)C2c2cc(OC)c(OC)c(OC)c2)cc1C(C)C. The Bertz CT molecular complexity index is 1430. The normalized spacial score (nSPS) is 16.5. The molecule has 1 amide bonds. The minimum Gasteiger partial charge on any atom is -0.507 e. The van der Waals surface area contributed by atoms with Gasteiger partial charge >= 0.3 is 0 Å². The summed E-state index contributed by atoms with van der Waals surface area (Å²) in [6.45, 7) is 5.88. The molecule has 1 heterocycles. The Morgan fingerprint density at radius 1 is 0.846 bits per heavy atom. The van der Waals surface area contributed by atoms with E-state index in [1.54, 1.807) is 49.6 Å². The molecule has 0 spiro atoms. The third-order valence-electron chi connectivity index (χ3n) is 6.95. The van der Waals surface area contributed by atoms with Crippen molar-refractivity contribution in [3.8, 4) is 23.0 Å². The van der Waals surface area contributed by atoms with Gasteiger partial charge in [0.25, 0.3) is 11.7 Å². The number of aliphatic hydroxyl groups excluding tert-OH is 1. The number of carbonyl (C=O) groups is 2. The highest BCUT2D eigenvalue weighted by atomic mass is 16.5. The van der Waals surface area contributed by atoms with E-state index < -0.39 is 17.7 Å². The number of Topliss-reactive ketones (excluding diaryl/α,β-unsaturated/α-hetero) is 1. The molecule has 3 aromatic rings. The summed E-state index contributed by atoms with van der Waals surface area (Å²) in [5.74, 6) is 0.0123. The van der Waals surface area contributed by atoms with Gasteiger partial charge in [0, 0.05) is 11.3 Å². The fourth-order valence-electron chi connectivity index (χ4n) is 4.98. The summed E-state index contributed by atoms with van der Waals surface area (Å²) in [4.78, 5) is 28.7. The molecule has 8 nitrogen and oxygen atoms in total. The van der Waals surface area contributed by atoms with E-state index in [2.05, 4.69) is 0 Å². The minimum atomic E-state index is -0.968. The zero-order valence-electron chi connectivity index (χ0n) is 23.2. The van der Waals surface area contributed by atoms with E-state index >= 15 is 0 Å². The topological polar surface area (TPSA) is 94.5 Å². The van der Waals surface area contributed by atoms with Gasteiger partial charge in [-0.25, -0.2) is 0 Å².